The molecule has 2 atom stereocenters. The van der Waals surface area contributed by atoms with Crippen molar-refractivity contribution in [2.24, 2.45) is 0 Å². The third-order valence-electron chi connectivity index (χ3n) is 3.52. The Bertz CT molecular complexity index is 605. The molecule has 0 bridgehead atoms. The fraction of sp³-hybridized carbons (Fsp3) is 0.500. The van der Waals surface area contributed by atoms with Gasteiger partial charge in [-0.1, -0.05) is 0 Å². The van der Waals surface area contributed by atoms with E-state index in [2.05, 4.69) is 42.3 Å². The summed E-state index contributed by atoms with van der Waals surface area (Å²) in [5, 5.41) is 3.47. The van der Waals surface area contributed by atoms with E-state index in [-0.39, 0.29) is 12.4 Å². The molecule has 0 aromatic carbocycles. The second kappa shape index (κ2) is 6.42. The fourth-order valence-corrected chi connectivity index (χ4v) is 3.46. The minimum absolute atomic E-state index is 0. The van der Waals surface area contributed by atoms with E-state index in [0.29, 0.717) is 17.8 Å². The lowest BCUT2D eigenvalue weighted by molar-refractivity contribution is 0.173. The Morgan fingerprint density at radius 2 is 2.40 bits per heavy atom. The van der Waals surface area contributed by atoms with Crippen LogP contribution in [0, 0.1) is 3.70 Å². The lowest BCUT2D eigenvalue weighted by atomic mass is 10.1. The van der Waals surface area contributed by atoms with Gasteiger partial charge in [-0.2, -0.15) is 0 Å². The molecular weight excluding hydrogens is 393 g/mol. The third kappa shape index (κ3) is 2.72. The van der Waals surface area contributed by atoms with E-state index in [4.69, 9.17) is 10.5 Å². The van der Waals surface area contributed by atoms with Gasteiger partial charge in [-0.25, -0.2) is 9.97 Å². The van der Waals surface area contributed by atoms with Crippen LogP contribution in [-0.4, -0.2) is 40.7 Å². The summed E-state index contributed by atoms with van der Waals surface area (Å²) in [5.74, 6) is 1.97. The molecule has 1 aliphatic rings. The number of nitrogens with two attached hydrogens (primary N) is 1. The van der Waals surface area contributed by atoms with E-state index in [0.717, 1.165) is 34.6 Å². The Labute approximate surface area is 137 Å². The van der Waals surface area contributed by atoms with E-state index in [1.807, 2.05) is 6.20 Å². The number of hydrogen-bond acceptors (Lipinski definition) is 5. The Morgan fingerprint density at radius 3 is 3.15 bits per heavy atom. The van der Waals surface area contributed by atoms with Gasteiger partial charge in [-0.3, -0.25) is 4.40 Å². The molecule has 1 aliphatic heterocycles. The zero-order valence-electron chi connectivity index (χ0n) is 11.0. The van der Waals surface area contributed by atoms with E-state index < -0.39 is 0 Å². The number of aromatic nitrogens is 3. The summed E-state index contributed by atoms with van der Waals surface area (Å²) >= 11 is 2.22. The maximum Gasteiger partial charge on any atom is 0.150 e. The first-order valence-corrected chi connectivity index (χ1v) is 7.28. The summed E-state index contributed by atoms with van der Waals surface area (Å²) in [6.45, 7) is 1.66. The van der Waals surface area contributed by atoms with Crippen LogP contribution in [0.15, 0.2) is 12.4 Å². The molecule has 110 valence electrons. The molecule has 2 aromatic heterocycles. The molecule has 1 saturated heterocycles. The quantitative estimate of drug-likeness (QED) is 0.750. The number of anilines is 1. The van der Waals surface area contributed by atoms with Crippen LogP contribution in [0.1, 0.15) is 18.2 Å². The van der Waals surface area contributed by atoms with Gasteiger partial charge < -0.3 is 15.8 Å². The number of ether oxygens (including phenoxy) is 1. The van der Waals surface area contributed by atoms with Gasteiger partial charge in [0.25, 0.3) is 0 Å². The fourth-order valence-electron chi connectivity index (χ4n) is 2.67. The number of rotatable bonds is 3. The zero-order valence-corrected chi connectivity index (χ0v) is 14.0. The van der Waals surface area contributed by atoms with Gasteiger partial charge in [-0.05, 0) is 29.0 Å². The van der Waals surface area contributed by atoms with Crippen molar-refractivity contribution in [2.45, 2.75) is 18.4 Å². The predicted octanol–water partition coefficient (Wildman–Crippen LogP) is 1.43. The SMILES string of the molecule is COC[C@H]1CC(c2nc(I)c3c(N)nccn23)CN1.Cl. The number of nitrogens with one attached hydrogen (secondary N) is 1. The van der Waals surface area contributed by atoms with Crippen LogP contribution in [0.3, 0.4) is 0 Å². The highest BCUT2D eigenvalue weighted by Crippen LogP contribution is 2.29. The number of nitrogen functional groups attached to an aromatic ring is 1. The predicted molar refractivity (Wildman–Crippen MR) is 88.4 cm³/mol. The van der Waals surface area contributed by atoms with Crippen molar-refractivity contribution in [1.29, 1.82) is 0 Å². The van der Waals surface area contributed by atoms with Crippen LogP contribution in [0.4, 0.5) is 5.82 Å². The summed E-state index contributed by atoms with van der Waals surface area (Å²) in [7, 11) is 1.73. The first-order valence-electron chi connectivity index (χ1n) is 6.21. The van der Waals surface area contributed by atoms with Crippen molar-refractivity contribution in [3.8, 4) is 0 Å². The van der Waals surface area contributed by atoms with Gasteiger partial charge >= 0.3 is 0 Å². The van der Waals surface area contributed by atoms with Gasteiger partial charge in [0.05, 0.1) is 6.61 Å². The lowest BCUT2D eigenvalue weighted by Crippen LogP contribution is -2.25. The highest BCUT2D eigenvalue weighted by Gasteiger charge is 2.29. The molecule has 6 nitrogen and oxygen atoms in total. The van der Waals surface area contributed by atoms with Crippen LogP contribution >= 0.6 is 35.0 Å². The zero-order chi connectivity index (χ0) is 13.4. The van der Waals surface area contributed by atoms with Crippen molar-refractivity contribution >= 4 is 46.3 Å². The van der Waals surface area contributed by atoms with E-state index in [1.54, 1.807) is 13.3 Å². The number of fused-ring (bicyclic) bond motifs is 1. The maximum absolute atomic E-state index is 5.93. The summed E-state index contributed by atoms with van der Waals surface area (Å²) < 4.78 is 8.17. The smallest absolute Gasteiger partial charge is 0.150 e. The summed E-state index contributed by atoms with van der Waals surface area (Å²) in [6, 6.07) is 0.402. The molecule has 8 heteroatoms. The number of methoxy groups -OCH3 is 1. The van der Waals surface area contributed by atoms with Gasteiger partial charge in [0, 0.05) is 38.0 Å². The van der Waals surface area contributed by atoms with Crippen molar-refractivity contribution in [3.63, 3.8) is 0 Å². The molecule has 0 amide bonds. The Hall–Kier alpha value is -0.640. The summed E-state index contributed by atoms with van der Waals surface area (Å²) in [5.41, 5.74) is 6.84. The van der Waals surface area contributed by atoms with Crippen LogP contribution in [0.25, 0.3) is 5.52 Å². The van der Waals surface area contributed by atoms with Crippen molar-refractivity contribution in [1.82, 2.24) is 19.7 Å². The monoisotopic (exact) mass is 409 g/mol. The first-order chi connectivity index (χ1) is 9.20. The average Bonchev–Trinajstić information content (AvgIpc) is 2.96. The number of nitrogens with zero attached hydrogens (tertiary/aromatic N) is 3. The molecule has 3 heterocycles. The number of imidazole rings is 1. The Balaban J connectivity index is 0.00000147. The van der Waals surface area contributed by atoms with Crippen LogP contribution in [0.2, 0.25) is 0 Å². The van der Waals surface area contributed by atoms with Crippen molar-refractivity contribution < 1.29 is 4.74 Å². The molecule has 0 aliphatic carbocycles. The molecule has 0 saturated carbocycles. The van der Waals surface area contributed by atoms with Crippen LogP contribution in [-0.2, 0) is 4.74 Å². The lowest BCUT2D eigenvalue weighted by Gasteiger charge is -2.09. The topological polar surface area (TPSA) is 77.5 Å². The normalized spacial score (nSPS) is 22.1. The van der Waals surface area contributed by atoms with Crippen molar-refractivity contribution in [3.05, 3.63) is 21.9 Å². The highest BCUT2D eigenvalue weighted by molar-refractivity contribution is 14.1. The molecule has 20 heavy (non-hydrogen) atoms. The van der Waals surface area contributed by atoms with E-state index >= 15 is 0 Å². The Morgan fingerprint density at radius 1 is 1.60 bits per heavy atom. The molecule has 0 radical (unpaired) electrons. The molecule has 1 fully saturated rings. The largest absolute Gasteiger partial charge is 0.383 e. The first kappa shape index (κ1) is 15.7. The minimum atomic E-state index is 0. The summed E-state index contributed by atoms with van der Waals surface area (Å²) in [6.07, 6.45) is 4.68. The van der Waals surface area contributed by atoms with Gasteiger partial charge in [-0.15, -0.1) is 12.4 Å². The third-order valence-corrected chi connectivity index (χ3v) is 4.27. The van der Waals surface area contributed by atoms with Gasteiger partial charge in [0.1, 0.15) is 15.0 Å². The number of halogens is 2. The molecule has 3 N–H and O–H groups in total. The summed E-state index contributed by atoms with van der Waals surface area (Å²) in [4.78, 5) is 8.80. The second-order valence-corrected chi connectivity index (χ2v) is 5.81. The van der Waals surface area contributed by atoms with Crippen LogP contribution in [0.5, 0.6) is 0 Å². The second-order valence-electron chi connectivity index (χ2n) is 4.79. The molecule has 0 spiro atoms. The van der Waals surface area contributed by atoms with E-state index in [9.17, 15) is 0 Å². The van der Waals surface area contributed by atoms with Gasteiger partial charge in [0.2, 0.25) is 0 Å². The number of hydrogen-bond donors (Lipinski definition) is 2. The molecule has 2 aromatic rings. The molecule has 3 rings (SSSR count). The Kier molecular flexibility index (Phi) is 5.05. The molecular formula is C12H17ClIN5O. The van der Waals surface area contributed by atoms with Gasteiger partial charge in [0.15, 0.2) is 5.82 Å². The van der Waals surface area contributed by atoms with Crippen LogP contribution < -0.4 is 11.1 Å². The molecule has 1 unspecified atom stereocenters. The highest BCUT2D eigenvalue weighted by atomic mass is 127. The minimum Gasteiger partial charge on any atom is -0.383 e. The maximum atomic E-state index is 5.93. The standard InChI is InChI=1S/C12H16IN5O.ClH/c1-19-6-8-4-7(5-16-8)12-17-10(13)9-11(14)15-2-3-18(9)12;/h2-3,7-8,16H,4-6H2,1H3,(H2,14,15);1H/t7?,8-;/m1./s1. The average molecular weight is 410 g/mol. The van der Waals surface area contributed by atoms with Crippen molar-refractivity contribution in [2.75, 3.05) is 26.0 Å². The van der Waals surface area contributed by atoms with E-state index in [1.165, 1.54) is 0 Å².